The van der Waals surface area contributed by atoms with Gasteiger partial charge in [-0.3, -0.25) is 15.1 Å². The van der Waals surface area contributed by atoms with Gasteiger partial charge in [0.15, 0.2) is 6.73 Å². The quantitative estimate of drug-likeness (QED) is 0.357. The predicted octanol–water partition coefficient (Wildman–Crippen LogP) is -0.996. The molecule has 1 aliphatic heterocycles. The number of aromatic nitrogens is 2. The SMILES string of the molecule is CC(C)NCO[P+](=O)[C@]1(n2ccc(=O)[nH]c2=O)C[C@H](O)[C@@H](CO)O1. The predicted molar refractivity (Wildman–Crippen MR) is 83.7 cm³/mol. The van der Waals surface area contributed by atoms with Gasteiger partial charge in [0.2, 0.25) is 0 Å². The second-order valence-corrected chi connectivity index (χ2v) is 7.19. The van der Waals surface area contributed by atoms with Crippen molar-refractivity contribution < 1.29 is 24.0 Å². The molecule has 134 valence electrons. The maximum absolute atomic E-state index is 12.7. The van der Waals surface area contributed by atoms with Crippen LogP contribution < -0.4 is 16.6 Å². The number of nitrogens with one attached hydrogen (secondary N) is 2. The summed E-state index contributed by atoms with van der Waals surface area (Å²) in [6.45, 7) is 3.16. The summed E-state index contributed by atoms with van der Waals surface area (Å²) in [6.07, 6.45) is -1.28. The molecule has 1 fully saturated rings. The Bertz CT molecular complexity index is 703. The number of ether oxygens (including phenoxy) is 1. The first-order chi connectivity index (χ1) is 11.3. The molecule has 2 rings (SSSR count). The van der Waals surface area contributed by atoms with E-state index in [1.807, 2.05) is 18.8 Å². The lowest BCUT2D eigenvalue weighted by Crippen LogP contribution is -2.42. The van der Waals surface area contributed by atoms with Crippen LogP contribution in [-0.4, -0.2) is 51.4 Å². The van der Waals surface area contributed by atoms with E-state index in [9.17, 15) is 24.4 Å². The van der Waals surface area contributed by atoms with Crippen LogP contribution in [0.15, 0.2) is 21.9 Å². The number of hydrogen-bond donors (Lipinski definition) is 4. The topological polar surface area (TPSA) is 143 Å². The van der Waals surface area contributed by atoms with Crippen molar-refractivity contribution in [3.63, 3.8) is 0 Å². The van der Waals surface area contributed by atoms with E-state index in [0.717, 1.165) is 16.8 Å². The van der Waals surface area contributed by atoms with Crippen molar-refractivity contribution in [2.24, 2.45) is 0 Å². The lowest BCUT2D eigenvalue weighted by Gasteiger charge is -2.19. The van der Waals surface area contributed by atoms with E-state index in [1.165, 1.54) is 0 Å². The fraction of sp³-hybridized carbons (Fsp3) is 0.692. The van der Waals surface area contributed by atoms with Gasteiger partial charge >= 0.3 is 19.2 Å². The van der Waals surface area contributed by atoms with Crippen LogP contribution in [0.5, 0.6) is 0 Å². The molecule has 0 bridgehead atoms. The third-order valence-corrected chi connectivity index (χ3v) is 5.02. The van der Waals surface area contributed by atoms with Crippen LogP contribution in [0.3, 0.4) is 0 Å². The summed E-state index contributed by atoms with van der Waals surface area (Å²) in [4.78, 5) is 25.4. The maximum atomic E-state index is 12.7. The summed E-state index contributed by atoms with van der Waals surface area (Å²) < 4.78 is 24.4. The fourth-order valence-corrected chi connectivity index (χ4v) is 3.63. The molecule has 4 N–H and O–H groups in total. The molecule has 11 heteroatoms. The number of nitrogens with zero attached hydrogens (tertiary/aromatic N) is 1. The van der Waals surface area contributed by atoms with Crippen LogP contribution in [0.25, 0.3) is 0 Å². The molecular formula is C13H21N3O7P+. The lowest BCUT2D eigenvalue weighted by atomic mass is 10.2. The Labute approximate surface area is 138 Å². The average molecular weight is 362 g/mol. The number of H-pyrrole nitrogens is 1. The van der Waals surface area contributed by atoms with Crippen LogP contribution in [0.1, 0.15) is 20.3 Å². The molecule has 1 aromatic heterocycles. The van der Waals surface area contributed by atoms with Crippen LogP contribution in [0.2, 0.25) is 0 Å². The standard InChI is InChI=1S/C13H20N3O7P/c1-8(2)14-7-22-24(21)13(5-9(18)10(6-17)23-13)16-4-3-11(19)15-12(16)20/h3-4,8-10,14,17-18H,5-7H2,1-2H3/p+1/t9-,10+,13-/m0/s1. The molecule has 0 radical (unpaired) electrons. The Hall–Kier alpha value is -1.42. The van der Waals surface area contributed by atoms with Crippen molar-refractivity contribution in [3.8, 4) is 0 Å². The smallest absolute Gasteiger partial charge is 0.394 e. The number of rotatable bonds is 7. The van der Waals surface area contributed by atoms with Crippen molar-refractivity contribution in [3.05, 3.63) is 33.1 Å². The highest BCUT2D eigenvalue weighted by Gasteiger charge is 2.64. The van der Waals surface area contributed by atoms with Gasteiger partial charge in [-0.15, -0.1) is 4.52 Å². The summed E-state index contributed by atoms with van der Waals surface area (Å²) in [5, 5.41) is 22.2. The third kappa shape index (κ3) is 3.80. The van der Waals surface area contributed by atoms with Crippen LogP contribution in [0.4, 0.5) is 0 Å². The number of aromatic amines is 1. The lowest BCUT2D eigenvalue weighted by molar-refractivity contribution is -0.0744. The average Bonchev–Trinajstić information content (AvgIpc) is 2.84. The van der Waals surface area contributed by atoms with E-state index in [0.29, 0.717) is 0 Å². The van der Waals surface area contributed by atoms with Gasteiger partial charge in [-0.1, -0.05) is 0 Å². The molecule has 0 aromatic carbocycles. The molecule has 0 amide bonds. The van der Waals surface area contributed by atoms with Gasteiger partial charge in [0.25, 0.3) is 5.56 Å². The highest BCUT2D eigenvalue weighted by Crippen LogP contribution is 2.52. The Kier molecular flexibility index (Phi) is 6.02. The molecule has 10 nitrogen and oxygen atoms in total. The molecule has 1 saturated heterocycles. The molecular weight excluding hydrogens is 341 g/mol. The summed E-state index contributed by atoms with van der Waals surface area (Å²) in [6, 6.07) is 1.15. The van der Waals surface area contributed by atoms with Gasteiger partial charge in [0, 0.05) is 18.3 Å². The molecule has 0 saturated carbocycles. The van der Waals surface area contributed by atoms with Crippen LogP contribution in [0, 0.1) is 0 Å². The second-order valence-electron chi connectivity index (χ2n) is 5.72. The molecule has 1 aliphatic rings. The molecule has 24 heavy (non-hydrogen) atoms. The summed E-state index contributed by atoms with van der Waals surface area (Å²) >= 11 is 0. The largest absolute Gasteiger partial charge is 0.570 e. The van der Waals surface area contributed by atoms with Crippen molar-refractivity contribution in [2.75, 3.05) is 13.3 Å². The summed E-state index contributed by atoms with van der Waals surface area (Å²) in [7, 11) is -2.62. The molecule has 4 atom stereocenters. The zero-order chi connectivity index (χ0) is 17.9. The minimum atomic E-state index is -2.62. The molecule has 0 aliphatic carbocycles. The highest BCUT2D eigenvalue weighted by atomic mass is 31.1. The van der Waals surface area contributed by atoms with Crippen molar-refractivity contribution in [1.82, 2.24) is 14.9 Å². The van der Waals surface area contributed by atoms with E-state index >= 15 is 0 Å². The zero-order valence-electron chi connectivity index (χ0n) is 13.3. The fourth-order valence-electron chi connectivity index (χ4n) is 2.35. The Morgan fingerprint density at radius 3 is 2.83 bits per heavy atom. The molecule has 1 aromatic rings. The monoisotopic (exact) mass is 362 g/mol. The number of aliphatic hydroxyl groups is 2. The van der Waals surface area contributed by atoms with Crippen LogP contribution >= 0.6 is 8.03 Å². The Morgan fingerprint density at radius 2 is 2.29 bits per heavy atom. The minimum absolute atomic E-state index is 0.0596. The van der Waals surface area contributed by atoms with Crippen molar-refractivity contribution in [1.29, 1.82) is 0 Å². The van der Waals surface area contributed by atoms with E-state index in [2.05, 4.69) is 5.32 Å². The van der Waals surface area contributed by atoms with Gasteiger partial charge in [0.05, 0.1) is 19.1 Å². The first-order valence-electron chi connectivity index (χ1n) is 7.43. The zero-order valence-corrected chi connectivity index (χ0v) is 14.2. The van der Waals surface area contributed by atoms with Crippen molar-refractivity contribution in [2.45, 2.75) is 44.0 Å². The van der Waals surface area contributed by atoms with E-state index in [-0.39, 0.29) is 19.2 Å². The van der Waals surface area contributed by atoms with Gasteiger partial charge in [0.1, 0.15) is 6.10 Å². The first-order valence-corrected chi connectivity index (χ1v) is 8.61. The number of hydrogen-bond acceptors (Lipinski definition) is 8. The normalized spacial score (nSPS) is 27.6. The third-order valence-electron chi connectivity index (χ3n) is 3.58. The number of aliphatic hydroxyl groups excluding tert-OH is 2. The van der Waals surface area contributed by atoms with Gasteiger partial charge in [-0.05, 0) is 18.4 Å². The Balaban J connectivity index is 2.37. The van der Waals surface area contributed by atoms with E-state index in [1.54, 1.807) is 0 Å². The first kappa shape index (κ1) is 18.9. The van der Waals surface area contributed by atoms with Gasteiger partial charge in [-0.25, -0.2) is 9.36 Å². The summed E-state index contributed by atoms with van der Waals surface area (Å²) in [5.41, 5.74) is -3.29. The van der Waals surface area contributed by atoms with Crippen LogP contribution in [-0.2, 0) is 19.3 Å². The molecule has 2 heterocycles. The van der Waals surface area contributed by atoms with Gasteiger partial charge in [-0.2, -0.15) is 0 Å². The molecule has 1 unspecified atom stereocenters. The van der Waals surface area contributed by atoms with E-state index < -0.39 is 43.6 Å². The maximum Gasteiger partial charge on any atom is 0.570 e. The molecule has 0 spiro atoms. The second kappa shape index (κ2) is 7.64. The van der Waals surface area contributed by atoms with Crippen molar-refractivity contribution >= 4 is 8.03 Å². The highest BCUT2D eigenvalue weighted by molar-refractivity contribution is 7.40. The van der Waals surface area contributed by atoms with E-state index in [4.69, 9.17) is 9.26 Å². The minimum Gasteiger partial charge on any atom is -0.394 e. The Morgan fingerprint density at radius 1 is 1.58 bits per heavy atom. The van der Waals surface area contributed by atoms with Gasteiger partial charge < -0.3 is 14.9 Å². The summed E-state index contributed by atoms with van der Waals surface area (Å²) in [5.74, 6) is 0.